The van der Waals surface area contributed by atoms with Gasteiger partial charge in [-0.15, -0.1) is 0 Å². The van der Waals surface area contributed by atoms with Gasteiger partial charge in [0.1, 0.15) is 11.6 Å². The van der Waals surface area contributed by atoms with Gasteiger partial charge in [-0.05, 0) is 18.4 Å². The topological polar surface area (TPSA) is 47.3 Å². The third-order valence-electron chi connectivity index (χ3n) is 4.08. The summed E-state index contributed by atoms with van der Waals surface area (Å²) in [5.74, 6) is 6.55. The van der Waals surface area contributed by atoms with E-state index < -0.39 is 0 Å². The van der Waals surface area contributed by atoms with E-state index in [4.69, 9.17) is 10.6 Å². The summed E-state index contributed by atoms with van der Waals surface area (Å²) in [6.45, 7) is 0. The van der Waals surface area contributed by atoms with Crippen molar-refractivity contribution in [2.75, 3.05) is 7.11 Å². The van der Waals surface area contributed by atoms with Crippen LogP contribution in [0, 0.1) is 11.7 Å². The fourth-order valence-corrected chi connectivity index (χ4v) is 2.96. The van der Waals surface area contributed by atoms with Crippen molar-refractivity contribution in [2.24, 2.45) is 11.8 Å². The van der Waals surface area contributed by atoms with Crippen LogP contribution >= 0.6 is 0 Å². The van der Waals surface area contributed by atoms with Crippen LogP contribution < -0.4 is 16.0 Å². The second kappa shape index (κ2) is 6.87. The molecule has 19 heavy (non-hydrogen) atoms. The molecule has 1 unspecified atom stereocenters. The predicted octanol–water partition coefficient (Wildman–Crippen LogP) is 3.31. The third kappa shape index (κ3) is 3.67. The summed E-state index contributed by atoms with van der Waals surface area (Å²) in [5.41, 5.74) is 3.40. The summed E-state index contributed by atoms with van der Waals surface area (Å²) in [7, 11) is 1.54. The number of halogens is 1. The monoisotopic (exact) mass is 266 g/mol. The number of nitrogens with two attached hydrogens (primary N) is 1. The Balaban J connectivity index is 2.07. The van der Waals surface area contributed by atoms with Crippen molar-refractivity contribution < 1.29 is 9.13 Å². The molecular weight excluding hydrogens is 243 g/mol. The third-order valence-corrected chi connectivity index (χ3v) is 4.08. The Kier molecular flexibility index (Phi) is 5.16. The molecule has 0 saturated heterocycles. The molecule has 0 heterocycles. The van der Waals surface area contributed by atoms with Crippen LogP contribution in [0.5, 0.6) is 5.75 Å². The first-order valence-electron chi connectivity index (χ1n) is 7.04. The highest BCUT2D eigenvalue weighted by atomic mass is 19.1. The van der Waals surface area contributed by atoms with Gasteiger partial charge in [-0.1, -0.05) is 38.2 Å². The minimum atomic E-state index is -0.252. The summed E-state index contributed by atoms with van der Waals surface area (Å²) in [6, 6.07) is 4.85. The second-order valence-electron chi connectivity index (χ2n) is 5.35. The average Bonchev–Trinajstić information content (AvgIpc) is 2.46. The Morgan fingerprint density at radius 2 is 2.11 bits per heavy atom. The van der Waals surface area contributed by atoms with Crippen LogP contribution in [0.1, 0.15) is 50.1 Å². The van der Waals surface area contributed by atoms with Crippen molar-refractivity contribution in [1.82, 2.24) is 5.43 Å². The number of methoxy groups -OCH3 is 1. The molecule has 4 heteroatoms. The zero-order valence-corrected chi connectivity index (χ0v) is 11.5. The fraction of sp³-hybridized carbons (Fsp3) is 0.600. The quantitative estimate of drug-likeness (QED) is 0.635. The molecule has 0 aromatic heterocycles. The lowest BCUT2D eigenvalue weighted by Crippen LogP contribution is -2.30. The molecule has 1 aromatic rings. The summed E-state index contributed by atoms with van der Waals surface area (Å²) in [5, 5.41) is 0. The van der Waals surface area contributed by atoms with Gasteiger partial charge in [0.05, 0.1) is 7.11 Å². The highest BCUT2D eigenvalue weighted by Crippen LogP contribution is 2.33. The lowest BCUT2D eigenvalue weighted by Gasteiger charge is -2.26. The van der Waals surface area contributed by atoms with Gasteiger partial charge in [-0.2, -0.15) is 0 Å². The maximum Gasteiger partial charge on any atom is 0.131 e. The molecule has 3 nitrogen and oxygen atoms in total. The maximum absolute atomic E-state index is 14.1. The van der Waals surface area contributed by atoms with Gasteiger partial charge in [-0.25, -0.2) is 4.39 Å². The minimum Gasteiger partial charge on any atom is -0.497 e. The number of rotatable bonds is 5. The Morgan fingerprint density at radius 3 is 2.68 bits per heavy atom. The number of hydrogen-bond acceptors (Lipinski definition) is 3. The summed E-state index contributed by atoms with van der Waals surface area (Å²) >= 11 is 0. The molecule has 1 aliphatic rings. The van der Waals surface area contributed by atoms with Crippen molar-refractivity contribution in [3.05, 3.63) is 29.6 Å². The van der Waals surface area contributed by atoms with E-state index in [1.165, 1.54) is 45.3 Å². The van der Waals surface area contributed by atoms with Gasteiger partial charge < -0.3 is 4.74 Å². The summed E-state index contributed by atoms with van der Waals surface area (Å²) < 4.78 is 19.1. The molecule has 1 fully saturated rings. The number of benzene rings is 1. The molecule has 2 rings (SSSR count). The van der Waals surface area contributed by atoms with Gasteiger partial charge in [0.25, 0.3) is 0 Å². The van der Waals surface area contributed by atoms with E-state index in [0.29, 0.717) is 17.2 Å². The molecule has 1 saturated carbocycles. The molecular formula is C15H23FN2O. The van der Waals surface area contributed by atoms with Gasteiger partial charge in [0.2, 0.25) is 0 Å². The average molecular weight is 266 g/mol. The van der Waals surface area contributed by atoms with E-state index in [0.717, 1.165) is 6.42 Å². The Morgan fingerprint density at radius 1 is 1.37 bits per heavy atom. The highest BCUT2D eigenvalue weighted by Gasteiger charge is 2.21. The first-order chi connectivity index (χ1) is 9.24. The molecule has 0 aliphatic heterocycles. The smallest absolute Gasteiger partial charge is 0.131 e. The fourth-order valence-electron chi connectivity index (χ4n) is 2.96. The Hall–Kier alpha value is -1.13. The lowest BCUT2D eigenvalue weighted by atomic mass is 9.83. The molecule has 1 aliphatic carbocycles. The molecule has 1 atom stereocenters. The van der Waals surface area contributed by atoms with Gasteiger partial charge >= 0.3 is 0 Å². The van der Waals surface area contributed by atoms with Crippen LogP contribution in [-0.2, 0) is 0 Å². The zero-order valence-electron chi connectivity index (χ0n) is 11.5. The SMILES string of the molecule is COc1ccc(C(CC2CCCCC2)NN)c(F)c1. The predicted molar refractivity (Wildman–Crippen MR) is 74.2 cm³/mol. The van der Waals surface area contributed by atoms with E-state index in [-0.39, 0.29) is 11.9 Å². The van der Waals surface area contributed by atoms with Gasteiger partial charge in [-0.3, -0.25) is 11.3 Å². The van der Waals surface area contributed by atoms with Crippen molar-refractivity contribution in [2.45, 2.75) is 44.6 Å². The molecule has 106 valence electrons. The number of ether oxygens (including phenoxy) is 1. The van der Waals surface area contributed by atoms with E-state index in [1.807, 2.05) is 0 Å². The van der Waals surface area contributed by atoms with E-state index in [2.05, 4.69) is 5.43 Å². The minimum absolute atomic E-state index is 0.117. The Bertz CT molecular complexity index is 405. The second-order valence-corrected chi connectivity index (χ2v) is 5.35. The van der Waals surface area contributed by atoms with Crippen LogP contribution in [0.3, 0.4) is 0 Å². The Labute approximate surface area is 114 Å². The van der Waals surface area contributed by atoms with Crippen LogP contribution in [0.15, 0.2) is 18.2 Å². The van der Waals surface area contributed by atoms with Crippen molar-refractivity contribution in [3.63, 3.8) is 0 Å². The van der Waals surface area contributed by atoms with Crippen LogP contribution in [-0.4, -0.2) is 7.11 Å². The number of hydrogen-bond donors (Lipinski definition) is 2. The van der Waals surface area contributed by atoms with Crippen molar-refractivity contribution in [1.29, 1.82) is 0 Å². The van der Waals surface area contributed by atoms with E-state index in [9.17, 15) is 4.39 Å². The van der Waals surface area contributed by atoms with Gasteiger partial charge in [0.15, 0.2) is 0 Å². The van der Waals surface area contributed by atoms with Gasteiger partial charge in [0, 0.05) is 17.7 Å². The first-order valence-corrected chi connectivity index (χ1v) is 7.04. The van der Waals surface area contributed by atoms with Crippen molar-refractivity contribution in [3.8, 4) is 5.75 Å². The molecule has 0 spiro atoms. The molecule has 0 bridgehead atoms. The van der Waals surface area contributed by atoms with E-state index >= 15 is 0 Å². The molecule has 3 N–H and O–H groups in total. The van der Waals surface area contributed by atoms with Crippen LogP contribution in [0.2, 0.25) is 0 Å². The largest absolute Gasteiger partial charge is 0.497 e. The zero-order chi connectivity index (χ0) is 13.7. The lowest BCUT2D eigenvalue weighted by molar-refractivity contribution is 0.298. The normalized spacial score (nSPS) is 18.3. The van der Waals surface area contributed by atoms with Crippen LogP contribution in [0.25, 0.3) is 0 Å². The number of hydrazine groups is 1. The molecule has 0 amide bonds. The molecule has 1 aromatic carbocycles. The van der Waals surface area contributed by atoms with E-state index in [1.54, 1.807) is 12.1 Å². The summed E-state index contributed by atoms with van der Waals surface area (Å²) in [4.78, 5) is 0. The standard InChI is InChI=1S/C15H23FN2O/c1-19-12-7-8-13(14(16)10-12)15(18-17)9-11-5-3-2-4-6-11/h7-8,10-11,15,18H,2-6,9,17H2,1H3. The maximum atomic E-state index is 14.1. The first kappa shape index (κ1) is 14.3. The van der Waals surface area contributed by atoms with Crippen molar-refractivity contribution >= 4 is 0 Å². The molecule has 0 radical (unpaired) electrons. The number of nitrogens with one attached hydrogen (secondary N) is 1. The van der Waals surface area contributed by atoms with Crippen LogP contribution in [0.4, 0.5) is 4.39 Å². The highest BCUT2D eigenvalue weighted by molar-refractivity contribution is 5.30. The summed E-state index contributed by atoms with van der Waals surface area (Å²) in [6.07, 6.45) is 7.26.